The summed E-state index contributed by atoms with van der Waals surface area (Å²) in [6.45, 7) is 3.57. The highest BCUT2D eigenvalue weighted by molar-refractivity contribution is 5.79. The lowest BCUT2D eigenvalue weighted by atomic mass is 9.71. The molecule has 1 saturated carbocycles. The first-order valence-electron chi connectivity index (χ1n) is 15.3. The number of rotatable bonds is 10. The van der Waals surface area contributed by atoms with Crippen molar-refractivity contribution in [1.82, 2.24) is 15.5 Å². The van der Waals surface area contributed by atoms with E-state index in [-0.39, 0.29) is 54.4 Å². The molecule has 0 bridgehead atoms. The molecular formula is C33H44F3N3O4. The molecule has 1 aliphatic carbocycles. The zero-order chi connectivity index (χ0) is 31.1. The van der Waals surface area contributed by atoms with Crippen LogP contribution in [0.25, 0.3) is 11.1 Å². The molecule has 3 N–H and O–H groups in total. The van der Waals surface area contributed by atoms with Crippen LogP contribution in [0, 0.1) is 42.1 Å². The van der Waals surface area contributed by atoms with Gasteiger partial charge >= 0.3 is 6.09 Å². The van der Waals surface area contributed by atoms with Gasteiger partial charge in [0.05, 0.1) is 12.7 Å². The van der Waals surface area contributed by atoms with Gasteiger partial charge in [-0.05, 0) is 102 Å². The molecule has 236 valence electrons. The van der Waals surface area contributed by atoms with Crippen molar-refractivity contribution in [3.63, 3.8) is 0 Å². The Bertz CT molecular complexity index is 1280. The van der Waals surface area contributed by atoms with Crippen molar-refractivity contribution < 1.29 is 32.6 Å². The lowest BCUT2D eigenvalue weighted by molar-refractivity contribution is -0.142. The third-order valence-corrected chi connectivity index (χ3v) is 9.20. The average Bonchev–Trinajstić information content (AvgIpc) is 3.00. The number of aliphatic hydroxyl groups is 1. The molecule has 0 spiro atoms. The third-order valence-electron chi connectivity index (χ3n) is 9.20. The van der Waals surface area contributed by atoms with Crippen molar-refractivity contribution in [3.05, 3.63) is 58.9 Å². The van der Waals surface area contributed by atoms with E-state index in [4.69, 9.17) is 0 Å². The third kappa shape index (κ3) is 7.70. The number of aryl methyl sites for hydroxylation is 1. The van der Waals surface area contributed by atoms with Gasteiger partial charge in [-0.1, -0.05) is 11.6 Å². The number of halogens is 3. The first-order chi connectivity index (χ1) is 20.6. The van der Waals surface area contributed by atoms with Gasteiger partial charge in [-0.15, -0.1) is 0 Å². The number of carbonyl (C=O) groups excluding carboxylic acids is 2. The van der Waals surface area contributed by atoms with Crippen LogP contribution in [0.3, 0.4) is 0 Å². The Balaban J connectivity index is 1.68. The fourth-order valence-corrected chi connectivity index (χ4v) is 6.93. The van der Waals surface area contributed by atoms with Crippen LogP contribution in [0.4, 0.5) is 18.0 Å². The monoisotopic (exact) mass is 603 g/mol. The van der Waals surface area contributed by atoms with E-state index in [2.05, 4.69) is 15.4 Å². The highest BCUT2D eigenvalue weighted by Crippen LogP contribution is 2.45. The zero-order valence-electron chi connectivity index (χ0n) is 25.4. The molecule has 1 aliphatic heterocycles. The Morgan fingerprint density at radius 1 is 1.07 bits per heavy atom. The maximum absolute atomic E-state index is 15.6. The summed E-state index contributed by atoms with van der Waals surface area (Å²) in [7, 11) is 3.17. The fourth-order valence-electron chi connectivity index (χ4n) is 6.93. The van der Waals surface area contributed by atoms with Crippen LogP contribution in [0.5, 0.6) is 0 Å². The van der Waals surface area contributed by atoms with E-state index in [1.165, 1.54) is 19.2 Å². The van der Waals surface area contributed by atoms with Crippen LogP contribution >= 0.6 is 0 Å². The van der Waals surface area contributed by atoms with E-state index >= 15 is 8.78 Å². The molecule has 4 rings (SSSR count). The predicted octanol–water partition coefficient (Wildman–Crippen LogP) is 5.67. The molecule has 1 saturated heterocycles. The van der Waals surface area contributed by atoms with Gasteiger partial charge in [0, 0.05) is 48.7 Å². The Labute approximate surface area is 252 Å². The molecule has 0 unspecified atom stereocenters. The molecule has 2 aliphatic rings. The van der Waals surface area contributed by atoms with Crippen molar-refractivity contribution in [1.29, 1.82) is 0 Å². The van der Waals surface area contributed by atoms with Crippen LogP contribution in [-0.4, -0.2) is 62.3 Å². The number of nitrogens with one attached hydrogen (secondary N) is 2. The highest BCUT2D eigenvalue weighted by atomic mass is 19.1. The molecule has 2 aromatic rings. The second kappa shape index (κ2) is 14.6. The SMILES string of the molecule is CNC[C@H]1CC[C@H](C(=O)N2CCC[C@@H]([C@@](O)(CCCNC(=O)OC)c3cc(F)cc(F)c3-c3cc(C)ccc3F)C2)CC1. The van der Waals surface area contributed by atoms with Gasteiger partial charge in [0.25, 0.3) is 0 Å². The molecule has 10 heteroatoms. The standard InChI is InChI=1S/C33H44F3N3O4/c1-21-7-12-28(35)26(16-21)30-27(17-25(34)18-29(30)36)33(42,13-5-14-38-32(41)43-3)24-6-4-15-39(20-24)31(40)23-10-8-22(9-11-23)19-37-2/h7,12,16-18,22-24,37,42H,4-6,8-11,13-15,19-20H2,1-3H3,(H,38,41)/t22-,23-,24-,33+/m1/s1. The number of piperidine rings is 1. The van der Waals surface area contributed by atoms with Gasteiger partial charge in [0.1, 0.15) is 17.5 Å². The number of likely N-dealkylation sites (tertiary alicyclic amines) is 1. The molecule has 1 heterocycles. The zero-order valence-corrected chi connectivity index (χ0v) is 25.4. The Morgan fingerprint density at radius 2 is 1.81 bits per heavy atom. The smallest absolute Gasteiger partial charge is 0.406 e. The van der Waals surface area contributed by atoms with Gasteiger partial charge in [0.15, 0.2) is 0 Å². The first kappa shape index (κ1) is 32.8. The maximum Gasteiger partial charge on any atom is 0.406 e. The summed E-state index contributed by atoms with van der Waals surface area (Å²) in [4.78, 5) is 27.1. The summed E-state index contributed by atoms with van der Waals surface area (Å²) in [5, 5.41) is 18.3. The quantitative estimate of drug-likeness (QED) is 0.305. The molecule has 2 fully saturated rings. The molecule has 7 nitrogen and oxygen atoms in total. The van der Waals surface area contributed by atoms with E-state index in [0.29, 0.717) is 36.9 Å². The summed E-state index contributed by atoms with van der Waals surface area (Å²) < 4.78 is 50.3. The van der Waals surface area contributed by atoms with Crippen LogP contribution in [0.15, 0.2) is 30.3 Å². The molecule has 2 atom stereocenters. The molecular weight excluding hydrogens is 559 g/mol. The normalized spacial score (nSPS) is 22.1. The van der Waals surface area contributed by atoms with Gasteiger partial charge in [-0.25, -0.2) is 18.0 Å². The topological polar surface area (TPSA) is 90.9 Å². The van der Waals surface area contributed by atoms with Crippen LogP contribution in [-0.2, 0) is 15.1 Å². The van der Waals surface area contributed by atoms with Crippen molar-refractivity contribution in [3.8, 4) is 11.1 Å². The summed E-state index contributed by atoms with van der Waals surface area (Å²) in [5.41, 5.74) is -1.47. The van der Waals surface area contributed by atoms with Crippen molar-refractivity contribution in [2.24, 2.45) is 17.8 Å². The number of hydrogen-bond acceptors (Lipinski definition) is 5. The fraction of sp³-hybridized carbons (Fsp3) is 0.576. The van der Waals surface area contributed by atoms with E-state index < -0.39 is 35.1 Å². The van der Waals surface area contributed by atoms with Crippen molar-refractivity contribution >= 4 is 12.0 Å². The summed E-state index contributed by atoms with van der Waals surface area (Å²) >= 11 is 0. The number of benzene rings is 2. The Morgan fingerprint density at radius 3 is 2.51 bits per heavy atom. The summed E-state index contributed by atoms with van der Waals surface area (Å²) in [6, 6.07) is 6.04. The summed E-state index contributed by atoms with van der Waals surface area (Å²) in [5.74, 6) is -2.62. The minimum Gasteiger partial charge on any atom is -0.453 e. The predicted molar refractivity (Wildman–Crippen MR) is 159 cm³/mol. The minimum absolute atomic E-state index is 0.0160. The van der Waals surface area contributed by atoms with Gasteiger partial charge in [-0.3, -0.25) is 4.79 Å². The van der Waals surface area contributed by atoms with E-state index in [1.54, 1.807) is 17.9 Å². The minimum atomic E-state index is -1.82. The number of hydrogen-bond donors (Lipinski definition) is 3. The average molecular weight is 604 g/mol. The van der Waals surface area contributed by atoms with Crippen LogP contribution in [0.1, 0.15) is 62.5 Å². The Kier molecular flexibility index (Phi) is 11.1. The number of ether oxygens (including phenoxy) is 1. The number of carbonyl (C=O) groups is 2. The Hall–Kier alpha value is -3.11. The van der Waals surface area contributed by atoms with E-state index in [9.17, 15) is 19.1 Å². The van der Waals surface area contributed by atoms with Gasteiger partial charge in [-0.2, -0.15) is 0 Å². The van der Waals surface area contributed by atoms with E-state index in [1.807, 2.05) is 7.05 Å². The molecule has 0 radical (unpaired) electrons. The number of nitrogens with zero attached hydrogens (tertiary/aromatic N) is 1. The van der Waals surface area contributed by atoms with Crippen LogP contribution < -0.4 is 10.6 Å². The lowest BCUT2D eigenvalue weighted by Gasteiger charge is -2.44. The summed E-state index contributed by atoms with van der Waals surface area (Å²) in [6.07, 6.45) is 4.31. The van der Waals surface area contributed by atoms with Crippen LogP contribution in [0.2, 0.25) is 0 Å². The molecule has 0 aromatic heterocycles. The molecule has 2 aromatic carbocycles. The lowest BCUT2D eigenvalue weighted by Crippen LogP contribution is -2.50. The maximum atomic E-state index is 15.6. The second-order valence-electron chi connectivity index (χ2n) is 12.1. The highest BCUT2D eigenvalue weighted by Gasteiger charge is 2.44. The van der Waals surface area contributed by atoms with E-state index in [0.717, 1.165) is 38.3 Å². The van der Waals surface area contributed by atoms with Crippen molar-refractivity contribution in [2.75, 3.05) is 40.3 Å². The second-order valence-corrected chi connectivity index (χ2v) is 12.1. The van der Waals surface area contributed by atoms with Gasteiger partial charge < -0.3 is 25.4 Å². The van der Waals surface area contributed by atoms with Crippen molar-refractivity contribution in [2.45, 2.75) is 63.9 Å². The first-order valence-corrected chi connectivity index (χ1v) is 15.3. The molecule has 43 heavy (non-hydrogen) atoms. The number of methoxy groups -OCH3 is 1. The molecule has 2 amide bonds. The number of amides is 2. The largest absolute Gasteiger partial charge is 0.453 e. The number of alkyl carbamates (subject to hydrolysis) is 1. The van der Waals surface area contributed by atoms with Gasteiger partial charge in [0.2, 0.25) is 5.91 Å².